The first kappa shape index (κ1) is 40.2. The minimum absolute atomic E-state index is 0.0449. The Labute approximate surface area is 270 Å². The largest absolute Gasteiger partial charge is 0.456 e. The molecule has 43 heavy (non-hydrogen) atoms. The van der Waals surface area contributed by atoms with Crippen molar-refractivity contribution in [3.05, 3.63) is 35.9 Å². The maximum Gasteiger partial charge on any atom is 0.374 e. The molecular weight excluding hydrogens is 579 g/mol. The molecule has 1 aromatic carbocycles. The first-order valence-electron chi connectivity index (χ1n) is 17.3. The zero-order chi connectivity index (χ0) is 31.6. The molecule has 0 amide bonds. The first-order chi connectivity index (χ1) is 20.9. The number of carbonyl (C=O) groups is 1. The third kappa shape index (κ3) is 20.0. The van der Waals surface area contributed by atoms with E-state index in [0.29, 0.717) is 12.3 Å². The molecule has 8 heteroatoms. The van der Waals surface area contributed by atoms with E-state index in [1.807, 2.05) is 25.1 Å². The van der Waals surface area contributed by atoms with Crippen molar-refractivity contribution in [3.63, 3.8) is 0 Å². The van der Waals surface area contributed by atoms with Gasteiger partial charge in [0.15, 0.2) is 6.29 Å². The molecule has 0 aliphatic carbocycles. The lowest BCUT2D eigenvalue weighted by Crippen LogP contribution is -2.42. The Bertz CT molecular complexity index is 813. The summed E-state index contributed by atoms with van der Waals surface area (Å²) in [5, 5.41) is 10.7. The molecule has 1 aromatic rings. The van der Waals surface area contributed by atoms with Gasteiger partial charge in [-0.2, -0.15) is 0 Å². The number of benzene rings is 1. The average molecular weight is 643 g/mol. The molecule has 0 radical (unpaired) electrons. The molecule has 0 bridgehead atoms. The van der Waals surface area contributed by atoms with Crippen molar-refractivity contribution >= 4 is 27.1 Å². The van der Waals surface area contributed by atoms with E-state index in [4.69, 9.17) is 26.8 Å². The molecule has 0 aliphatic heterocycles. The highest BCUT2D eigenvalue weighted by Gasteiger charge is 2.41. The Morgan fingerprint density at radius 1 is 0.814 bits per heavy atom. The smallest absolute Gasteiger partial charge is 0.374 e. The van der Waals surface area contributed by atoms with E-state index in [-0.39, 0.29) is 6.61 Å². The van der Waals surface area contributed by atoms with Crippen LogP contribution >= 0.6 is 21.1 Å². The monoisotopic (exact) mass is 642 g/mol. The highest BCUT2D eigenvalue weighted by molar-refractivity contribution is 7.80. The number of thiol groups is 1. The summed E-state index contributed by atoms with van der Waals surface area (Å²) in [6.07, 6.45) is 23.4. The van der Waals surface area contributed by atoms with Gasteiger partial charge < -0.3 is 23.9 Å². The number of ether oxygens (including phenoxy) is 3. The van der Waals surface area contributed by atoms with E-state index < -0.39 is 31.7 Å². The van der Waals surface area contributed by atoms with Crippen LogP contribution in [0.1, 0.15) is 155 Å². The zero-order valence-electron chi connectivity index (χ0n) is 27.5. The Balaban J connectivity index is 2.56. The van der Waals surface area contributed by atoms with E-state index in [9.17, 15) is 14.5 Å². The van der Waals surface area contributed by atoms with Crippen LogP contribution in [-0.2, 0) is 30.2 Å². The van der Waals surface area contributed by atoms with E-state index >= 15 is 0 Å². The van der Waals surface area contributed by atoms with Crippen LogP contribution in [0.15, 0.2) is 30.3 Å². The van der Waals surface area contributed by atoms with Gasteiger partial charge in [0, 0.05) is 0 Å². The number of hydrogen-bond acceptors (Lipinski definition) is 7. The van der Waals surface area contributed by atoms with E-state index in [1.54, 1.807) is 12.1 Å². The minimum atomic E-state index is -2.53. The molecule has 0 aliphatic rings. The normalized spacial score (nSPS) is 15.4. The van der Waals surface area contributed by atoms with Crippen LogP contribution < -0.4 is 0 Å². The zero-order valence-corrected chi connectivity index (χ0v) is 29.5. The second kappa shape index (κ2) is 26.4. The van der Waals surface area contributed by atoms with Gasteiger partial charge >= 0.3 is 11.5 Å². The summed E-state index contributed by atoms with van der Waals surface area (Å²) < 4.78 is 28.8. The number of carbonyl (C=O) groups excluding carboxylic acids is 1. The van der Waals surface area contributed by atoms with Gasteiger partial charge in [-0.1, -0.05) is 167 Å². The highest BCUT2D eigenvalue weighted by Crippen LogP contribution is 2.30. The average Bonchev–Trinajstić information content (AvgIpc) is 3.02. The number of hydrogen-bond donors (Lipinski definition) is 2. The molecule has 5 unspecified atom stereocenters. The van der Waals surface area contributed by atoms with Crippen LogP contribution in [-0.4, -0.2) is 28.3 Å². The molecule has 1 N–H and O–H groups in total. The molecule has 0 aromatic heterocycles. The Kier molecular flexibility index (Phi) is 24.6. The van der Waals surface area contributed by atoms with E-state index in [0.717, 1.165) is 24.8 Å². The maximum atomic E-state index is 12.6. The lowest BCUT2D eigenvalue weighted by atomic mass is 9.91. The number of aliphatic hydroxyl groups is 1. The summed E-state index contributed by atoms with van der Waals surface area (Å²) in [4.78, 5) is 12.6. The molecule has 0 fully saturated rings. The summed E-state index contributed by atoms with van der Waals surface area (Å²) >= 11 is 4.73. The molecule has 250 valence electrons. The van der Waals surface area contributed by atoms with Crippen molar-refractivity contribution in [2.45, 2.75) is 173 Å². The topological polar surface area (TPSA) is 82.1 Å². The van der Waals surface area contributed by atoms with Crippen LogP contribution in [0, 0.1) is 5.92 Å². The maximum absolute atomic E-state index is 12.6. The van der Waals surface area contributed by atoms with Crippen LogP contribution in [0.2, 0.25) is 0 Å². The molecule has 6 nitrogen and oxygen atoms in total. The predicted molar refractivity (Wildman–Crippen MR) is 183 cm³/mol. The number of unbranched alkanes of at least 4 members (excludes halogenated alkanes) is 14. The van der Waals surface area contributed by atoms with Crippen molar-refractivity contribution < 1.29 is 28.7 Å². The van der Waals surface area contributed by atoms with Crippen molar-refractivity contribution in [2.24, 2.45) is 5.92 Å². The summed E-state index contributed by atoms with van der Waals surface area (Å²) in [5.41, 5.74) is -2.18. The van der Waals surface area contributed by atoms with Crippen LogP contribution in [0.5, 0.6) is 0 Å². The van der Waals surface area contributed by atoms with Crippen LogP contribution in [0.25, 0.3) is 0 Å². The fourth-order valence-electron chi connectivity index (χ4n) is 5.39. The third-order valence-corrected chi connectivity index (χ3v) is 9.11. The van der Waals surface area contributed by atoms with Crippen LogP contribution in [0.3, 0.4) is 0 Å². The lowest BCUT2D eigenvalue weighted by molar-refractivity contribution is -0.259. The SMILES string of the molecule is CCCCCCCCCCCCC(CCCCCCCC)CC(S)OC(CC)OC(O)([PH2]=O)C(=O)OCc1ccccc1. The van der Waals surface area contributed by atoms with Gasteiger partial charge in [-0.3, -0.25) is 0 Å². The predicted octanol–water partition coefficient (Wildman–Crippen LogP) is 10.2. The second-order valence-corrected chi connectivity index (χ2v) is 13.6. The second-order valence-electron chi connectivity index (χ2n) is 12.1. The van der Waals surface area contributed by atoms with Gasteiger partial charge in [0.05, 0.1) is 0 Å². The van der Waals surface area contributed by atoms with Gasteiger partial charge in [0.1, 0.15) is 20.5 Å². The highest BCUT2D eigenvalue weighted by atomic mass is 32.1. The Hall–Kier alpha value is -0.850. The lowest BCUT2D eigenvalue weighted by Gasteiger charge is -2.29. The third-order valence-electron chi connectivity index (χ3n) is 8.09. The number of rotatable bonds is 29. The van der Waals surface area contributed by atoms with Gasteiger partial charge in [-0.25, -0.2) is 4.79 Å². The minimum Gasteiger partial charge on any atom is -0.456 e. The molecule has 5 atom stereocenters. The van der Waals surface area contributed by atoms with Crippen molar-refractivity contribution in [1.29, 1.82) is 0 Å². The standard InChI is InChI=1S/C35H63O6PS/c1-4-7-9-11-13-14-15-16-18-21-25-30(24-20-17-12-10-8-5-2)28-33(43)40-32(6-3)41-35(37,42-38)34(36)39-29-31-26-22-19-23-27-31/h19,22-23,26-27,30,32-33,37,43H,4-18,20-21,24-25,28-29,42H2,1-3H3. The van der Waals surface area contributed by atoms with Crippen LogP contribution in [0.4, 0.5) is 0 Å². The Morgan fingerprint density at radius 2 is 1.30 bits per heavy atom. The molecule has 1 rings (SSSR count). The van der Waals surface area contributed by atoms with Gasteiger partial charge in [-0.05, 0) is 24.3 Å². The van der Waals surface area contributed by atoms with Gasteiger partial charge in [-0.15, -0.1) is 12.6 Å². The van der Waals surface area contributed by atoms with E-state index in [2.05, 4.69) is 13.8 Å². The fraction of sp³-hybridized carbons (Fsp3) is 0.800. The molecular formula is C35H63O6PS. The molecule has 0 heterocycles. The molecule has 0 saturated heterocycles. The van der Waals surface area contributed by atoms with Crippen molar-refractivity contribution in [2.75, 3.05) is 0 Å². The van der Waals surface area contributed by atoms with Crippen molar-refractivity contribution in [3.8, 4) is 0 Å². The number of esters is 1. The Morgan fingerprint density at radius 3 is 1.77 bits per heavy atom. The quantitative estimate of drug-likeness (QED) is 0.0298. The van der Waals surface area contributed by atoms with Gasteiger partial charge in [0.2, 0.25) is 0 Å². The molecule has 0 saturated carbocycles. The summed E-state index contributed by atoms with van der Waals surface area (Å²) in [6, 6.07) is 9.12. The first-order valence-corrected chi connectivity index (χ1v) is 18.9. The summed E-state index contributed by atoms with van der Waals surface area (Å²) in [6.45, 7) is 6.30. The van der Waals surface area contributed by atoms with Gasteiger partial charge in [0.25, 0.3) is 0 Å². The summed E-state index contributed by atoms with van der Waals surface area (Å²) in [5.74, 6) is -0.568. The fourth-order valence-corrected chi connectivity index (χ4v) is 6.21. The summed E-state index contributed by atoms with van der Waals surface area (Å²) in [7, 11) is -2.01. The van der Waals surface area contributed by atoms with Crippen molar-refractivity contribution in [1.82, 2.24) is 0 Å². The van der Waals surface area contributed by atoms with E-state index in [1.165, 1.54) is 103 Å². The molecule has 0 spiro atoms.